The number of hydrogen-bond donors (Lipinski definition) is 0. The van der Waals surface area contributed by atoms with Gasteiger partial charge in [0.2, 0.25) is 0 Å². The molecule has 0 bridgehead atoms. The molecule has 27 heavy (non-hydrogen) atoms. The first kappa shape index (κ1) is 22.7. The molecule has 0 N–H and O–H groups in total. The molecule has 0 spiro atoms. The van der Waals surface area contributed by atoms with E-state index in [1.165, 1.54) is 0 Å². The summed E-state index contributed by atoms with van der Waals surface area (Å²) in [6, 6.07) is 11.8. The van der Waals surface area contributed by atoms with Gasteiger partial charge in [-0.1, -0.05) is 6.07 Å². The molecular formula is C20H23Cl2NO4. The first-order valence-corrected chi connectivity index (χ1v) is 7.90. The first-order valence-electron chi connectivity index (χ1n) is 7.90. The van der Waals surface area contributed by atoms with E-state index in [0.717, 1.165) is 22.0 Å². The lowest BCUT2D eigenvalue weighted by atomic mass is 10.0. The van der Waals surface area contributed by atoms with Gasteiger partial charge in [-0.05, 0) is 41.3 Å². The molecule has 0 aliphatic rings. The largest absolute Gasteiger partial charge is 0.493 e. The van der Waals surface area contributed by atoms with Gasteiger partial charge in [-0.25, -0.2) is 0 Å². The van der Waals surface area contributed by atoms with Gasteiger partial charge in [0.1, 0.15) is 0 Å². The molecule has 0 amide bonds. The average molecular weight is 412 g/mol. The van der Waals surface area contributed by atoms with Crippen molar-refractivity contribution in [3.63, 3.8) is 0 Å². The summed E-state index contributed by atoms with van der Waals surface area (Å²) in [5.74, 6) is 2.82. The maximum absolute atomic E-state index is 5.43. The number of ether oxygens (including phenoxy) is 4. The molecule has 0 unspecified atom stereocenters. The van der Waals surface area contributed by atoms with E-state index in [-0.39, 0.29) is 24.8 Å². The zero-order valence-corrected chi connectivity index (χ0v) is 17.3. The van der Waals surface area contributed by atoms with E-state index in [2.05, 4.69) is 4.98 Å². The SMILES string of the molecule is COc1ccc(Cc2nccc3cc(OC)c(OC)cc23)cc1OC.Cl.Cl. The molecule has 1 aromatic heterocycles. The van der Waals surface area contributed by atoms with Gasteiger partial charge >= 0.3 is 0 Å². The molecule has 5 nitrogen and oxygen atoms in total. The van der Waals surface area contributed by atoms with E-state index in [1.807, 2.05) is 42.6 Å². The minimum Gasteiger partial charge on any atom is -0.493 e. The Morgan fingerprint density at radius 1 is 0.704 bits per heavy atom. The fourth-order valence-electron chi connectivity index (χ4n) is 2.88. The molecule has 3 rings (SSSR count). The molecule has 1 heterocycles. The highest BCUT2D eigenvalue weighted by Gasteiger charge is 2.11. The van der Waals surface area contributed by atoms with Crippen molar-refractivity contribution < 1.29 is 18.9 Å². The molecule has 0 saturated carbocycles. The molecular weight excluding hydrogens is 389 g/mol. The number of pyridine rings is 1. The average Bonchev–Trinajstić information content (AvgIpc) is 2.66. The molecule has 0 saturated heterocycles. The van der Waals surface area contributed by atoms with E-state index in [0.29, 0.717) is 29.4 Å². The highest BCUT2D eigenvalue weighted by atomic mass is 35.5. The Hall–Kier alpha value is -2.37. The Morgan fingerprint density at radius 2 is 1.30 bits per heavy atom. The van der Waals surface area contributed by atoms with Gasteiger partial charge in [-0.2, -0.15) is 0 Å². The number of methoxy groups -OCH3 is 4. The summed E-state index contributed by atoms with van der Waals surface area (Å²) in [6.07, 6.45) is 2.48. The van der Waals surface area contributed by atoms with Gasteiger partial charge in [0.05, 0.1) is 34.1 Å². The smallest absolute Gasteiger partial charge is 0.161 e. The number of rotatable bonds is 6. The van der Waals surface area contributed by atoms with E-state index in [4.69, 9.17) is 18.9 Å². The summed E-state index contributed by atoms with van der Waals surface area (Å²) in [4.78, 5) is 4.56. The van der Waals surface area contributed by atoms with Crippen LogP contribution in [0.3, 0.4) is 0 Å². The molecule has 2 aromatic carbocycles. The minimum absolute atomic E-state index is 0. The zero-order chi connectivity index (χ0) is 17.8. The van der Waals surface area contributed by atoms with Crippen LogP contribution < -0.4 is 18.9 Å². The maximum atomic E-state index is 5.43. The lowest BCUT2D eigenvalue weighted by Crippen LogP contribution is -1.97. The summed E-state index contributed by atoms with van der Waals surface area (Å²) in [7, 11) is 6.53. The predicted molar refractivity (Wildman–Crippen MR) is 112 cm³/mol. The Kier molecular flexibility index (Phi) is 8.47. The first-order chi connectivity index (χ1) is 12.2. The normalized spacial score (nSPS) is 9.78. The van der Waals surface area contributed by atoms with Crippen molar-refractivity contribution in [3.8, 4) is 23.0 Å². The van der Waals surface area contributed by atoms with Gasteiger partial charge in [0, 0.05) is 18.0 Å². The van der Waals surface area contributed by atoms with E-state index in [1.54, 1.807) is 28.4 Å². The maximum Gasteiger partial charge on any atom is 0.161 e. The number of hydrogen-bond acceptors (Lipinski definition) is 5. The summed E-state index contributed by atoms with van der Waals surface area (Å²) >= 11 is 0. The summed E-state index contributed by atoms with van der Waals surface area (Å²) in [6.45, 7) is 0. The van der Waals surface area contributed by atoms with Crippen molar-refractivity contribution in [3.05, 3.63) is 53.9 Å². The molecule has 7 heteroatoms. The fourth-order valence-corrected chi connectivity index (χ4v) is 2.88. The van der Waals surface area contributed by atoms with Crippen LogP contribution >= 0.6 is 24.8 Å². The molecule has 0 radical (unpaired) electrons. The summed E-state index contributed by atoms with van der Waals surface area (Å²) < 4.78 is 21.5. The van der Waals surface area contributed by atoms with Crippen LogP contribution in [0.1, 0.15) is 11.3 Å². The topological polar surface area (TPSA) is 49.8 Å². The fraction of sp³-hybridized carbons (Fsp3) is 0.250. The Morgan fingerprint density at radius 3 is 1.93 bits per heavy atom. The van der Waals surface area contributed by atoms with Crippen LogP contribution in [0.25, 0.3) is 10.8 Å². The second-order valence-electron chi connectivity index (χ2n) is 5.55. The third kappa shape index (κ3) is 4.67. The zero-order valence-electron chi connectivity index (χ0n) is 15.6. The van der Waals surface area contributed by atoms with E-state index < -0.39 is 0 Å². The van der Waals surface area contributed by atoms with Crippen LogP contribution in [0.15, 0.2) is 42.6 Å². The van der Waals surface area contributed by atoms with Crippen LogP contribution in [0, 0.1) is 0 Å². The van der Waals surface area contributed by atoms with Gasteiger partial charge in [-0.15, -0.1) is 24.8 Å². The van der Waals surface area contributed by atoms with E-state index >= 15 is 0 Å². The number of halogens is 2. The lowest BCUT2D eigenvalue weighted by molar-refractivity contribution is 0.354. The second-order valence-corrected chi connectivity index (χ2v) is 5.55. The molecule has 0 atom stereocenters. The van der Waals surface area contributed by atoms with Crippen molar-refractivity contribution in [2.75, 3.05) is 28.4 Å². The van der Waals surface area contributed by atoms with Crippen molar-refractivity contribution in [2.45, 2.75) is 6.42 Å². The molecule has 3 aromatic rings. The number of nitrogens with zero attached hydrogens (tertiary/aromatic N) is 1. The van der Waals surface area contributed by atoms with Gasteiger partial charge < -0.3 is 18.9 Å². The third-order valence-electron chi connectivity index (χ3n) is 4.17. The van der Waals surface area contributed by atoms with Crippen molar-refractivity contribution in [2.24, 2.45) is 0 Å². The van der Waals surface area contributed by atoms with Crippen molar-refractivity contribution >= 4 is 35.6 Å². The summed E-state index contributed by atoms with van der Waals surface area (Å²) in [5.41, 5.74) is 2.05. The van der Waals surface area contributed by atoms with Crippen LogP contribution in [-0.2, 0) is 6.42 Å². The van der Waals surface area contributed by atoms with Crippen LogP contribution in [0.2, 0.25) is 0 Å². The monoisotopic (exact) mass is 411 g/mol. The minimum atomic E-state index is 0. The quantitative estimate of drug-likeness (QED) is 0.587. The number of benzene rings is 2. The molecule has 0 fully saturated rings. The van der Waals surface area contributed by atoms with Crippen LogP contribution in [0.5, 0.6) is 23.0 Å². The van der Waals surface area contributed by atoms with Gasteiger partial charge in [-0.3, -0.25) is 4.98 Å². The summed E-state index contributed by atoms with van der Waals surface area (Å²) in [5, 5.41) is 2.10. The number of fused-ring (bicyclic) bond motifs is 1. The molecule has 0 aliphatic heterocycles. The molecule has 146 valence electrons. The Balaban J connectivity index is 0.00000182. The Bertz CT molecular complexity index is 903. The third-order valence-corrected chi connectivity index (χ3v) is 4.17. The number of aromatic nitrogens is 1. The Labute approximate surface area is 171 Å². The van der Waals surface area contributed by atoms with Crippen molar-refractivity contribution in [1.29, 1.82) is 0 Å². The van der Waals surface area contributed by atoms with Gasteiger partial charge in [0.15, 0.2) is 23.0 Å². The van der Waals surface area contributed by atoms with Crippen molar-refractivity contribution in [1.82, 2.24) is 4.98 Å². The van der Waals surface area contributed by atoms with Crippen LogP contribution in [-0.4, -0.2) is 33.4 Å². The highest BCUT2D eigenvalue weighted by molar-refractivity contribution is 5.88. The second kappa shape index (κ2) is 10.1. The van der Waals surface area contributed by atoms with Gasteiger partial charge in [0.25, 0.3) is 0 Å². The standard InChI is InChI=1S/C20H21NO4.2ClH/c1-22-17-6-5-13(10-18(17)23-2)9-16-15-12-20(25-4)19(24-3)11-14(15)7-8-21-16;;/h5-8,10-12H,9H2,1-4H3;2*1H. The highest BCUT2D eigenvalue weighted by Crippen LogP contribution is 2.34. The molecule has 0 aliphatic carbocycles. The van der Waals surface area contributed by atoms with E-state index in [9.17, 15) is 0 Å². The lowest BCUT2D eigenvalue weighted by Gasteiger charge is -2.12. The van der Waals surface area contributed by atoms with Crippen LogP contribution in [0.4, 0.5) is 0 Å². The predicted octanol–water partition coefficient (Wildman–Crippen LogP) is 4.70.